The molecule has 3 rings (SSSR count). The number of carbonyl (C=O) groups is 1. The molecule has 0 saturated carbocycles. The van der Waals surface area contributed by atoms with Crippen molar-refractivity contribution in [2.75, 3.05) is 12.4 Å². The highest BCUT2D eigenvalue weighted by Crippen LogP contribution is 2.17. The van der Waals surface area contributed by atoms with E-state index in [4.69, 9.17) is 4.74 Å². The number of nitro groups is 1. The van der Waals surface area contributed by atoms with Crippen LogP contribution in [0.1, 0.15) is 6.42 Å². The van der Waals surface area contributed by atoms with Gasteiger partial charge in [0.05, 0.1) is 29.3 Å². The average molecular weight is 368 g/mol. The van der Waals surface area contributed by atoms with Crippen molar-refractivity contribution >= 4 is 28.2 Å². The van der Waals surface area contributed by atoms with E-state index in [-0.39, 0.29) is 29.9 Å². The van der Waals surface area contributed by atoms with Gasteiger partial charge in [-0.25, -0.2) is 4.98 Å². The Labute approximate surface area is 153 Å². The SMILES string of the molecule is COc1ccc(NC(=O)CCn2cnc3ccc([N+](=O)[O-])cc3c2=O)cc1. The Bertz CT molecular complexity index is 1060. The van der Waals surface area contributed by atoms with Crippen LogP contribution in [0.15, 0.2) is 53.6 Å². The Kier molecular flexibility index (Phi) is 5.11. The third kappa shape index (κ3) is 4.09. The quantitative estimate of drug-likeness (QED) is 0.527. The Balaban J connectivity index is 1.72. The number of aromatic nitrogens is 2. The number of anilines is 1. The summed E-state index contributed by atoms with van der Waals surface area (Å²) in [6, 6.07) is 10.8. The third-order valence-corrected chi connectivity index (χ3v) is 3.97. The topological polar surface area (TPSA) is 116 Å². The summed E-state index contributed by atoms with van der Waals surface area (Å²) in [4.78, 5) is 39.0. The predicted octanol–water partition coefficient (Wildman–Crippen LogP) is 2.34. The highest BCUT2D eigenvalue weighted by molar-refractivity contribution is 5.90. The summed E-state index contributed by atoms with van der Waals surface area (Å²) in [6.07, 6.45) is 1.38. The van der Waals surface area contributed by atoms with Crippen molar-refractivity contribution in [1.82, 2.24) is 9.55 Å². The van der Waals surface area contributed by atoms with Crippen molar-refractivity contribution in [2.24, 2.45) is 0 Å². The Morgan fingerprint density at radius 1 is 1.26 bits per heavy atom. The Morgan fingerprint density at radius 2 is 2.00 bits per heavy atom. The lowest BCUT2D eigenvalue weighted by Crippen LogP contribution is -2.23. The van der Waals surface area contributed by atoms with Crippen LogP contribution in [0.4, 0.5) is 11.4 Å². The predicted molar refractivity (Wildman–Crippen MR) is 98.9 cm³/mol. The molecule has 9 heteroatoms. The minimum Gasteiger partial charge on any atom is -0.497 e. The molecule has 1 amide bonds. The molecule has 9 nitrogen and oxygen atoms in total. The number of nitro benzene ring substituents is 1. The molecular weight excluding hydrogens is 352 g/mol. The molecule has 0 radical (unpaired) electrons. The highest BCUT2D eigenvalue weighted by Gasteiger charge is 2.11. The molecule has 3 aromatic rings. The molecule has 0 bridgehead atoms. The Morgan fingerprint density at radius 3 is 2.67 bits per heavy atom. The van der Waals surface area contributed by atoms with Crippen LogP contribution < -0.4 is 15.6 Å². The van der Waals surface area contributed by atoms with Crippen molar-refractivity contribution in [3.8, 4) is 5.75 Å². The summed E-state index contributed by atoms with van der Waals surface area (Å²) in [5.41, 5.74) is 0.363. The van der Waals surface area contributed by atoms with E-state index in [9.17, 15) is 19.7 Å². The van der Waals surface area contributed by atoms with E-state index in [0.717, 1.165) is 0 Å². The van der Waals surface area contributed by atoms with E-state index in [1.165, 1.54) is 29.1 Å². The molecule has 0 atom stereocenters. The lowest BCUT2D eigenvalue weighted by Gasteiger charge is -2.08. The number of nitrogens with one attached hydrogen (secondary N) is 1. The lowest BCUT2D eigenvalue weighted by atomic mass is 10.2. The van der Waals surface area contributed by atoms with E-state index in [1.807, 2.05) is 0 Å². The zero-order chi connectivity index (χ0) is 19.4. The minimum atomic E-state index is -0.571. The second-order valence-corrected chi connectivity index (χ2v) is 5.73. The smallest absolute Gasteiger partial charge is 0.270 e. The largest absolute Gasteiger partial charge is 0.497 e. The fourth-order valence-corrected chi connectivity index (χ4v) is 2.54. The summed E-state index contributed by atoms with van der Waals surface area (Å²) in [5, 5.41) is 13.8. The maximum absolute atomic E-state index is 12.5. The number of non-ortho nitro benzene ring substituents is 1. The van der Waals surface area contributed by atoms with Gasteiger partial charge in [-0.3, -0.25) is 24.3 Å². The van der Waals surface area contributed by atoms with Gasteiger partial charge in [-0.1, -0.05) is 0 Å². The normalized spacial score (nSPS) is 10.6. The molecule has 0 spiro atoms. The number of ether oxygens (including phenoxy) is 1. The lowest BCUT2D eigenvalue weighted by molar-refractivity contribution is -0.384. The number of hydrogen-bond donors (Lipinski definition) is 1. The number of fused-ring (bicyclic) bond motifs is 1. The van der Waals surface area contributed by atoms with E-state index in [2.05, 4.69) is 10.3 Å². The van der Waals surface area contributed by atoms with Crippen LogP contribution in [-0.4, -0.2) is 27.5 Å². The molecule has 0 aliphatic carbocycles. The van der Waals surface area contributed by atoms with Gasteiger partial charge in [-0.05, 0) is 30.3 Å². The number of amides is 1. The molecule has 138 valence electrons. The van der Waals surface area contributed by atoms with E-state index in [1.54, 1.807) is 31.4 Å². The fourth-order valence-electron chi connectivity index (χ4n) is 2.54. The van der Waals surface area contributed by atoms with Crippen LogP contribution in [0.25, 0.3) is 10.9 Å². The summed E-state index contributed by atoms with van der Waals surface area (Å²) < 4.78 is 6.31. The molecule has 0 saturated heterocycles. The van der Waals surface area contributed by atoms with Gasteiger partial charge < -0.3 is 10.1 Å². The van der Waals surface area contributed by atoms with Crippen LogP contribution in [0, 0.1) is 10.1 Å². The molecule has 0 aliphatic rings. The summed E-state index contributed by atoms with van der Waals surface area (Å²) >= 11 is 0. The fraction of sp³-hybridized carbons (Fsp3) is 0.167. The van der Waals surface area contributed by atoms with Gasteiger partial charge in [0.25, 0.3) is 11.2 Å². The monoisotopic (exact) mass is 368 g/mol. The molecule has 1 aromatic heterocycles. The molecule has 1 N–H and O–H groups in total. The average Bonchev–Trinajstić information content (AvgIpc) is 2.68. The van der Waals surface area contributed by atoms with Crippen molar-refractivity contribution in [3.63, 3.8) is 0 Å². The number of aryl methyl sites for hydroxylation is 1. The third-order valence-electron chi connectivity index (χ3n) is 3.97. The number of rotatable bonds is 6. The van der Waals surface area contributed by atoms with Gasteiger partial charge in [0.2, 0.25) is 5.91 Å². The van der Waals surface area contributed by atoms with Gasteiger partial charge >= 0.3 is 0 Å². The molecule has 27 heavy (non-hydrogen) atoms. The standard InChI is InChI=1S/C18H16N4O5/c1-27-14-5-2-12(3-6-14)20-17(23)8-9-21-11-19-16-7-4-13(22(25)26)10-15(16)18(21)24/h2-7,10-11H,8-9H2,1H3,(H,20,23). The zero-order valence-corrected chi connectivity index (χ0v) is 14.4. The van der Waals surface area contributed by atoms with E-state index < -0.39 is 10.5 Å². The van der Waals surface area contributed by atoms with Crippen LogP contribution in [0.3, 0.4) is 0 Å². The second-order valence-electron chi connectivity index (χ2n) is 5.73. The Hall–Kier alpha value is -3.75. The molecule has 0 unspecified atom stereocenters. The first-order chi connectivity index (χ1) is 13.0. The first kappa shape index (κ1) is 18.1. The first-order valence-corrected chi connectivity index (χ1v) is 8.05. The van der Waals surface area contributed by atoms with Gasteiger partial charge in [0.15, 0.2) is 0 Å². The number of carbonyl (C=O) groups excluding carboxylic acids is 1. The summed E-state index contributed by atoms with van der Waals surface area (Å²) in [5.74, 6) is 0.405. The van der Waals surface area contributed by atoms with E-state index in [0.29, 0.717) is 17.0 Å². The van der Waals surface area contributed by atoms with Gasteiger partial charge in [0.1, 0.15) is 5.75 Å². The van der Waals surface area contributed by atoms with Crippen molar-refractivity contribution in [2.45, 2.75) is 13.0 Å². The molecule has 0 aliphatic heterocycles. The number of nitrogens with zero attached hydrogens (tertiary/aromatic N) is 3. The zero-order valence-electron chi connectivity index (χ0n) is 14.4. The van der Waals surface area contributed by atoms with Crippen LogP contribution in [-0.2, 0) is 11.3 Å². The van der Waals surface area contributed by atoms with Crippen molar-refractivity contribution in [3.05, 3.63) is 69.3 Å². The molecule has 0 fully saturated rings. The van der Waals surface area contributed by atoms with Crippen molar-refractivity contribution < 1.29 is 14.5 Å². The molecule has 1 heterocycles. The second kappa shape index (κ2) is 7.65. The number of benzene rings is 2. The number of methoxy groups -OCH3 is 1. The summed E-state index contributed by atoms with van der Waals surface area (Å²) in [6.45, 7) is 0.104. The first-order valence-electron chi connectivity index (χ1n) is 8.05. The van der Waals surface area contributed by atoms with Gasteiger partial charge in [-0.15, -0.1) is 0 Å². The summed E-state index contributed by atoms with van der Waals surface area (Å²) in [7, 11) is 1.55. The van der Waals surface area contributed by atoms with Crippen LogP contribution in [0.2, 0.25) is 0 Å². The van der Waals surface area contributed by atoms with Gasteiger partial charge in [0, 0.05) is 30.8 Å². The maximum atomic E-state index is 12.5. The van der Waals surface area contributed by atoms with E-state index >= 15 is 0 Å². The highest BCUT2D eigenvalue weighted by atomic mass is 16.6. The minimum absolute atomic E-state index is 0.0497. The van der Waals surface area contributed by atoms with Crippen LogP contribution in [0.5, 0.6) is 5.75 Å². The maximum Gasteiger partial charge on any atom is 0.270 e. The molecule has 2 aromatic carbocycles. The number of hydrogen-bond acceptors (Lipinski definition) is 6. The molecular formula is C18H16N4O5. The van der Waals surface area contributed by atoms with Gasteiger partial charge in [-0.2, -0.15) is 0 Å². The van der Waals surface area contributed by atoms with Crippen molar-refractivity contribution in [1.29, 1.82) is 0 Å². The van der Waals surface area contributed by atoms with Crippen LogP contribution >= 0.6 is 0 Å².